The van der Waals surface area contributed by atoms with Crippen LogP contribution in [0.4, 0.5) is 0 Å². The number of carbonyl (C=O) groups is 2. The summed E-state index contributed by atoms with van der Waals surface area (Å²) in [6.07, 6.45) is 2.91. The lowest BCUT2D eigenvalue weighted by molar-refractivity contribution is -0.137. The van der Waals surface area contributed by atoms with Crippen LogP contribution in [0.15, 0.2) is 54.2 Å². The molecule has 0 radical (unpaired) electrons. The highest BCUT2D eigenvalue weighted by Gasteiger charge is 2.11. The lowest BCUT2D eigenvalue weighted by Gasteiger charge is -2.04. The Balaban J connectivity index is 2.09. The van der Waals surface area contributed by atoms with Gasteiger partial charge in [0.1, 0.15) is 23.1 Å². The van der Waals surface area contributed by atoms with Gasteiger partial charge in [-0.05, 0) is 42.8 Å². The van der Waals surface area contributed by atoms with Crippen molar-refractivity contribution in [2.24, 2.45) is 0 Å². The van der Waals surface area contributed by atoms with Gasteiger partial charge in [-0.25, -0.2) is 14.6 Å². The first-order valence-corrected chi connectivity index (χ1v) is 7.16. The van der Waals surface area contributed by atoms with Crippen molar-refractivity contribution in [3.8, 4) is 11.8 Å². The van der Waals surface area contributed by atoms with Crippen molar-refractivity contribution < 1.29 is 19.1 Å². The molecule has 6 heteroatoms. The maximum Gasteiger partial charge on any atom is 0.362 e. The van der Waals surface area contributed by atoms with Gasteiger partial charge in [0.05, 0.1) is 6.61 Å². The zero-order chi connectivity index (χ0) is 17.4. The molecule has 1 aromatic carbocycles. The summed E-state index contributed by atoms with van der Waals surface area (Å²) in [7, 11) is 0. The van der Waals surface area contributed by atoms with Crippen molar-refractivity contribution >= 4 is 18.0 Å². The van der Waals surface area contributed by atoms with E-state index in [0.717, 1.165) is 0 Å². The third-order valence-electron chi connectivity index (χ3n) is 2.89. The van der Waals surface area contributed by atoms with Gasteiger partial charge in [0.15, 0.2) is 0 Å². The molecule has 6 nitrogen and oxygen atoms in total. The molecule has 0 saturated heterocycles. The molecule has 0 aliphatic carbocycles. The highest BCUT2D eigenvalue weighted by Crippen LogP contribution is 2.16. The molecule has 2 rings (SSSR count). The molecule has 0 spiro atoms. The van der Waals surface area contributed by atoms with E-state index < -0.39 is 11.9 Å². The number of nitriles is 1. The van der Waals surface area contributed by atoms with E-state index in [4.69, 9.17) is 14.7 Å². The minimum atomic E-state index is -0.675. The molecular formula is C18H14N2O4. The van der Waals surface area contributed by atoms with Crippen molar-refractivity contribution in [1.29, 1.82) is 5.26 Å². The fourth-order valence-corrected chi connectivity index (χ4v) is 1.79. The van der Waals surface area contributed by atoms with E-state index in [1.807, 2.05) is 0 Å². The van der Waals surface area contributed by atoms with Crippen LogP contribution in [0, 0.1) is 11.3 Å². The second-order valence-corrected chi connectivity index (χ2v) is 4.56. The molecule has 0 aliphatic rings. The molecule has 0 unspecified atom stereocenters. The monoisotopic (exact) mass is 322 g/mol. The Morgan fingerprint density at radius 2 is 1.96 bits per heavy atom. The summed E-state index contributed by atoms with van der Waals surface area (Å²) in [5.74, 6) is -0.911. The fraction of sp³-hybridized carbons (Fsp3) is 0.111. The van der Waals surface area contributed by atoms with Gasteiger partial charge < -0.3 is 9.47 Å². The highest BCUT2D eigenvalue weighted by molar-refractivity contribution is 5.97. The summed E-state index contributed by atoms with van der Waals surface area (Å²) in [4.78, 5) is 27.4. The van der Waals surface area contributed by atoms with Crippen molar-refractivity contribution in [3.63, 3.8) is 0 Å². The van der Waals surface area contributed by atoms with Crippen molar-refractivity contribution in [3.05, 3.63) is 65.5 Å². The van der Waals surface area contributed by atoms with Crippen LogP contribution in [0.5, 0.6) is 5.75 Å². The van der Waals surface area contributed by atoms with E-state index in [2.05, 4.69) is 4.98 Å². The SMILES string of the molecule is CCOC(=O)/C(C#N)=C/c1ccc(OC(=O)c2ccccn2)cc1. The van der Waals surface area contributed by atoms with Crippen molar-refractivity contribution in [2.75, 3.05) is 6.61 Å². The molecule has 0 bridgehead atoms. The van der Waals surface area contributed by atoms with Gasteiger partial charge in [-0.1, -0.05) is 18.2 Å². The molecular weight excluding hydrogens is 308 g/mol. The molecule has 0 aliphatic heterocycles. The Kier molecular flexibility index (Phi) is 5.81. The van der Waals surface area contributed by atoms with Crippen LogP contribution in [-0.2, 0) is 9.53 Å². The number of aromatic nitrogens is 1. The van der Waals surface area contributed by atoms with Gasteiger partial charge in [0, 0.05) is 6.20 Å². The molecule has 0 N–H and O–H groups in total. The molecule has 120 valence electrons. The number of hydrogen-bond donors (Lipinski definition) is 0. The summed E-state index contributed by atoms with van der Waals surface area (Å²) in [6.45, 7) is 1.86. The van der Waals surface area contributed by atoms with E-state index in [9.17, 15) is 9.59 Å². The standard InChI is InChI=1S/C18H14N2O4/c1-2-23-17(21)14(12-19)11-13-6-8-15(9-7-13)24-18(22)16-5-3-4-10-20-16/h3-11H,2H2,1H3/b14-11+. The maximum absolute atomic E-state index is 11.9. The van der Waals surface area contributed by atoms with Gasteiger partial charge in [-0.2, -0.15) is 5.26 Å². The Bertz CT molecular complexity index is 790. The maximum atomic E-state index is 11.9. The number of benzene rings is 1. The third-order valence-corrected chi connectivity index (χ3v) is 2.89. The average molecular weight is 322 g/mol. The van der Waals surface area contributed by atoms with E-state index in [1.54, 1.807) is 55.5 Å². The zero-order valence-corrected chi connectivity index (χ0v) is 12.9. The highest BCUT2D eigenvalue weighted by atomic mass is 16.5. The van der Waals surface area contributed by atoms with Crippen LogP contribution in [0.1, 0.15) is 23.0 Å². The van der Waals surface area contributed by atoms with E-state index in [0.29, 0.717) is 11.3 Å². The molecule has 2 aromatic rings. The second kappa shape index (κ2) is 8.25. The number of nitrogens with zero attached hydrogens (tertiary/aromatic N) is 2. The Labute approximate surface area is 139 Å². The van der Waals surface area contributed by atoms with Crippen LogP contribution in [-0.4, -0.2) is 23.5 Å². The van der Waals surface area contributed by atoms with Crippen molar-refractivity contribution in [1.82, 2.24) is 4.98 Å². The zero-order valence-electron chi connectivity index (χ0n) is 12.9. The molecule has 1 aromatic heterocycles. The molecule has 0 atom stereocenters. The molecule has 0 fully saturated rings. The van der Waals surface area contributed by atoms with E-state index in [1.165, 1.54) is 12.3 Å². The van der Waals surface area contributed by atoms with Crippen LogP contribution >= 0.6 is 0 Å². The first-order valence-electron chi connectivity index (χ1n) is 7.16. The molecule has 0 amide bonds. The quantitative estimate of drug-likeness (QED) is 0.364. The summed E-state index contributed by atoms with van der Waals surface area (Å²) < 4.78 is 9.98. The lowest BCUT2D eigenvalue weighted by Crippen LogP contribution is -2.10. The first-order chi connectivity index (χ1) is 11.6. The van der Waals surface area contributed by atoms with Crippen LogP contribution in [0.2, 0.25) is 0 Å². The first kappa shape index (κ1) is 16.9. The average Bonchev–Trinajstić information content (AvgIpc) is 2.62. The molecule has 0 saturated carbocycles. The predicted molar refractivity (Wildman–Crippen MR) is 85.9 cm³/mol. The molecule has 24 heavy (non-hydrogen) atoms. The summed E-state index contributed by atoms with van der Waals surface area (Å²) in [5, 5.41) is 8.99. The van der Waals surface area contributed by atoms with Crippen LogP contribution < -0.4 is 4.74 Å². The number of esters is 2. The number of rotatable bonds is 5. The Morgan fingerprint density at radius 1 is 1.21 bits per heavy atom. The van der Waals surface area contributed by atoms with E-state index >= 15 is 0 Å². The van der Waals surface area contributed by atoms with E-state index in [-0.39, 0.29) is 17.9 Å². The lowest BCUT2D eigenvalue weighted by atomic mass is 10.1. The number of hydrogen-bond acceptors (Lipinski definition) is 6. The minimum Gasteiger partial charge on any atom is -0.462 e. The van der Waals surface area contributed by atoms with Gasteiger partial charge >= 0.3 is 11.9 Å². The predicted octanol–water partition coefficient (Wildman–Crippen LogP) is 2.77. The topological polar surface area (TPSA) is 89.3 Å². The number of carbonyl (C=O) groups excluding carboxylic acids is 2. The Morgan fingerprint density at radius 3 is 2.54 bits per heavy atom. The van der Waals surface area contributed by atoms with Crippen LogP contribution in [0.3, 0.4) is 0 Å². The molecule has 1 heterocycles. The summed E-state index contributed by atoms with van der Waals surface area (Å²) in [6, 6.07) is 13.1. The number of ether oxygens (including phenoxy) is 2. The summed E-state index contributed by atoms with van der Waals surface area (Å²) in [5.41, 5.74) is 0.711. The minimum absolute atomic E-state index is 0.102. The normalized spacial score (nSPS) is 10.6. The van der Waals surface area contributed by atoms with Gasteiger partial charge in [-0.3, -0.25) is 0 Å². The van der Waals surface area contributed by atoms with Crippen molar-refractivity contribution in [2.45, 2.75) is 6.92 Å². The number of pyridine rings is 1. The van der Waals surface area contributed by atoms with Gasteiger partial charge in [0.2, 0.25) is 0 Å². The Hall–Kier alpha value is -3.46. The van der Waals surface area contributed by atoms with Gasteiger partial charge in [0.25, 0.3) is 0 Å². The third kappa shape index (κ3) is 4.52. The smallest absolute Gasteiger partial charge is 0.362 e. The largest absolute Gasteiger partial charge is 0.462 e. The van der Waals surface area contributed by atoms with Gasteiger partial charge in [-0.15, -0.1) is 0 Å². The summed E-state index contributed by atoms with van der Waals surface area (Å²) >= 11 is 0. The fourth-order valence-electron chi connectivity index (χ4n) is 1.79. The van der Waals surface area contributed by atoms with Crippen LogP contribution in [0.25, 0.3) is 6.08 Å². The second-order valence-electron chi connectivity index (χ2n) is 4.56.